The van der Waals surface area contributed by atoms with Crippen LogP contribution in [0.3, 0.4) is 0 Å². The predicted molar refractivity (Wildman–Crippen MR) is 57.4 cm³/mol. The lowest BCUT2D eigenvalue weighted by molar-refractivity contribution is -0.138. The third-order valence-electron chi connectivity index (χ3n) is 3.14. The summed E-state index contributed by atoms with van der Waals surface area (Å²) in [5, 5.41) is 11.9. The fourth-order valence-corrected chi connectivity index (χ4v) is 1.98. The van der Waals surface area contributed by atoms with Crippen molar-refractivity contribution in [2.24, 2.45) is 11.8 Å². The van der Waals surface area contributed by atoms with E-state index in [1.165, 1.54) is 0 Å². The summed E-state index contributed by atoms with van der Waals surface area (Å²) in [6.45, 7) is 3.98. The molecule has 1 aliphatic heterocycles. The molecule has 0 aromatic rings. The number of aliphatic hydroxyl groups is 1. The summed E-state index contributed by atoms with van der Waals surface area (Å²) >= 11 is 0. The summed E-state index contributed by atoms with van der Waals surface area (Å²) in [6.07, 6.45) is 3.03. The molecule has 2 fully saturated rings. The molecular formula is C11H20N2O2. The molecule has 0 atom stereocenters. The number of hydrogen-bond donors (Lipinski definition) is 2. The normalized spacial score (nSPS) is 21.5. The van der Waals surface area contributed by atoms with Gasteiger partial charge in [-0.05, 0) is 25.8 Å². The van der Waals surface area contributed by atoms with E-state index >= 15 is 0 Å². The first kappa shape index (κ1) is 10.9. The van der Waals surface area contributed by atoms with Crippen molar-refractivity contribution < 1.29 is 9.90 Å². The Labute approximate surface area is 90.6 Å². The Balaban J connectivity index is 1.51. The van der Waals surface area contributed by atoms with Crippen molar-refractivity contribution in [2.75, 3.05) is 32.8 Å². The van der Waals surface area contributed by atoms with E-state index in [0.717, 1.165) is 45.4 Å². The molecule has 0 radical (unpaired) electrons. The molecule has 2 rings (SSSR count). The zero-order valence-electron chi connectivity index (χ0n) is 9.11. The van der Waals surface area contributed by atoms with E-state index in [0.29, 0.717) is 17.7 Å². The summed E-state index contributed by atoms with van der Waals surface area (Å²) in [4.78, 5) is 13.6. The number of nitrogens with zero attached hydrogens (tertiary/aromatic N) is 1. The number of amides is 1. The Morgan fingerprint density at radius 1 is 1.40 bits per heavy atom. The Kier molecular flexibility index (Phi) is 3.59. The van der Waals surface area contributed by atoms with Gasteiger partial charge in [0.05, 0.1) is 0 Å². The van der Waals surface area contributed by atoms with E-state index in [4.69, 9.17) is 5.11 Å². The fraction of sp³-hybridized carbons (Fsp3) is 0.909. The van der Waals surface area contributed by atoms with Gasteiger partial charge in [0.15, 0.2) is 0 Å². The van der Waals surface area contributed by atoms with Crippen LogP contribution in [0.1, 0.15) is 19.3 Å². The van der Waals surface area contributed by atoms with E-state index in [2.05, 4.69) is 5.32 Å². The maximum absolute atomic E-state index is 11.6. The molecule has 1 saturated carbocycles. The van der Waals surface area contributed by atoms with Gasteiger partial charge in [-0.1, -0.05) is 0 Å². The van der Waals surface area contributed by atoms with Gasteiger partial charge >= 0.3 is 0 Å². The van der Waals surface area contributed by atoms with Crippen LogP contribution in [-0.4, -0.2) is 48.7 Å². The van der Waals surface area contributed by atoms with Crippen molar-refractivity contribution >= 4 is 5.91 Å². The van der Waals surface area contributed by atoms with E-state index in [1.807, 2.05) is 4.90 Å². The number of aliphatic hydroxyl groups excluding tert-OH is 1. The van der Waals surface area contributed by atoms with Gasteiger partial charge in [-0.15, -0.1) is 0 Å². The first-order valence-corrected chi connectivity index (χ1v) is 5.91. The molecule has 0 spiro atoms. The average molecular weight is 212 g/mol. The molecule has 4 heteroatoms. The van der Waals surface area contributed by atoms with Crippen molar-refractivity contribution in [2.45, 2.75) is 19.3 Å². The minimum Gasteiger partial charge on any atom is -0.396 e. The largest absolute Gasteiger partial charge is 0.396 e. The Morgan fingerprint density at radius 2 is 2.13 bits per heavy atom. The Hall–Kier alpha value is -0.610. The first-order chi connectivity index (χ1) is 7.31. The third-order valence-corrected chi connectivity index (χ3v) is 3.14. The SMILES string of the molecule is O=C(C1CC1)N1CC(CNCCCO)C1. The molecule has 86 valence electrons. The van der Waals surface area contributed by atoms with Gasteiger partial charge in [-0.3, -0.25) is 4.79 Å². The molecule has 1 heterocycles. The molecule has 4 nitrogen and oxygen atoms in total. The van der Waals surface area contributed by atoms with Gasteiger partial charge in [0.1, 0.15) is 0 Å². The van der Waals surface area contributed by atoms with E-state index in [9.17, 15) is 4.79 Å². The van der Waals surface area contributed by atoms with Crippen molar-refractivity contribution in [3.63, 3.8) is 0 Å². The molecule has 15 heavy (non-hydrogen) atoms. The van der Waals surface area contributed by atoms with E-state index in [1.54, 1.807) is 0 Å². The van der Waals surface area contributed by atoms with Gasteiger partial charge in [0, 0.05) is 38.1 Å². The van der Waals surface area contributed by atoms with Crippen molar-refractivity contribution in [3.8, 4) is 0 Å². The molecule has 1 aliphatic carbocycles. The highest BCUT2D eigenvalue weighted by molar-refractivity contribution is 5.81. The first-order valence-electron chi connectivity index (χ1n) is 5.91. The molecule has 1 amide bonds. The number of carbonyl (C=O) groups excluding carboxylic acids is 1. The third kappa shape index (κ3) is 2.92. The smallest absolute Gasteiger partial charge is 0.225 e. The van der Waals surface area contributed by atoms with Crippen LogP contribution < -0.4 is 5.32 Å². The maximum Gasteiger partial charge on any atom is 0.225 e. The summed E-state index contributed by atoms with van der Waals surface area (Å²) in [7, 11) is 0. The Morgan fingerprint density at radius 3 is 2.73 bits per heavy atom. The maximum atomic E-state index is 11.6. The average Bonchev–Trinajstić information content (AvgIpc) is 2.97. The van der Waals surface area contributed by atoms with Gasteiger partial charge in [0.25, 0.3) is 0 Å². The lowest BCUT2D eigenvalue weighted by Crippen LogP contribution is -2.53. The molecular weight excluding hydrogens is 192 g/mol. The molecule has 0 unspecified atom stereocenters. The Bertz CT molecular complexity index is 223. The summed E-state index contributed by atoms with van der Waals surface area (Å²) in [5.74, 6) is 1.38. The molecule has 2 aliphatic rings. The lowest BCUT2D eigenvalue weighted by atomic mass is 9.99. The molecule has 0 bridgehead atoms. The van der Waals surface area contributed by atoms with Crippen molar-refractivity contribution in [1.82, 2.24) is 10.2 Å². The van der Waals surface area contributed by atoms with E-state index < -0.39 is 0 Å². The second-order valence-electron chi connectivity index (χ2n) is 4.66. The highest BCUT2D eigenvalue weighted by Gasteiger charge is 2.38. The molecule has 0 aromatic carbocycles. The minimum absolute atomic E-state index is 0.254. The van der Waals surface area contributed by atoms with Gasteiger partial charge in [-0.2, -0.15) is 0 Å². The summed E-state index contributed by atoms with van der Waals surface area (Å²) in [6, 6.07) is 0. The van der Waals surface area contributed by atoms with Crippen LogP contribution in [0.25, 0.3) is 0 Å². The molecule has 0 aromatic heterocycles. The van der Waals surface area contributed by atoms with Crippen LogP contribution >= 0.6 is 0 Å². The summed E-state index contributed by atoms with van der Waals surface area (Å²) < 4.78 is 0. The van der Waals surface area contributed by atoms with Crippen molar-refractivity contribution in [1.29, 1.82) is 0 Å². The number of hydrogen-bond acceptors (Lipinski definition) is 3. The summed E-state index contributed by atoms with van der Waals surface area (Å²) in [5.41, 5.74) is 0. The zero-order chi connectivity index (χ0) is 10.7. The highest BCUT2D eigenvalue weighted by Crippen LogP contribution is 2.33. The second kappa shape index (κ2) is 4.94. The number of likely N-dealkylation sites (tertiary alicyclic amines) is 1. The van der Waals surface area contributed by atoms with Crippen LogP contribution in [0, 0.1) is 11.8 Å². The fourth-order valence-electron chi connectivity index (χ4n) is 1.98. The number of rotatable bonds is 6. The predicted octanol–water partition coefficient (Wildman–Crippen LogP) is -0.173. The van der Waals surface area contributed by atoms with Crippen LogP contribution in [0.4, 0.5) is 0 Å². The van der Waals surface area contributed by atoms with Crippen LogP contribution in [0.2, 0.25) is 0 Å². The second-order valence-corrected chi connectivity index (χ2v) is 4.66. The van der Waals surface area contributed by atoms with E-state index in [-0.39, 0.29) is 6.61 Å². The van der Waals surface area contributed by atoms with Crippen LogP contribution in [0.5, 0.6) is 0 Å². The lowest BCUT2D eigenvalue weighted by Gasteiger charge is -2.39. The molecule has 1 saturated heterocycles. The topological polar surface area (TPSA) is 52.6 Å². The quantitative estimate of drug-likeness (QED) is 0.601. The van der Waals surface area contributed by atoms with Gasteiger partial charge in [0.2, 0.25) is 5.91 Å². The van der Waals surface area contributed by atoms with Gasteiger partial charge < -0.3 is 15.3 Å². The van der Waals surface area contributed by atoms with Crippen molar-refractivity contribution in [3.05, 3.63) is 0 Å². The van der Waals surface area contributed by atoms with Crippen LogP contribution in [-0.2, 0) is 4.79 Å². The minimum atomic E-state index is 0.254. The standard InChI is InChI=1S/C11H20N2O2/c14-5-1-4-12-6-9-7-13(8-9)11(15)10-2-3-10/h9-10,12,14H,1-8H2. The van der Waals surface area contributed by atoms with Gasteiger partial charge in [-0.25, -0.2) is 0 Å². The molecule has 2 N–H and O–H groups in total. The van der Waals surface area contributed by atoms with Crippen LogP contribution in [0.15, 0.2) is 0 Å². The number of carbonyl (C=O) groups is 1. The monoisotopic (exact) mass is 212 g/mol. The highest BCUT2D eigenvalue weighted by atomic mass is 16.3. The zero-order valence-corrected chi connectivity index (χ0v) is 9.11. The number of nitrogens with one attached hydrogen (secondary N) is 1.